The van der Waals surface area contributed by atoms with E-state index in [1.807, 2.05) is 0 Å². The minimum absolute atomic E-state index is 0.208. The van der Waals surface area contributed by atoms with Crippen molar-refractivity contribution < 1.29 is 14.4 Å². The molecule has 0 bridgehead atoms. The average Bonchev–Trinajstić information content (AvgIpc) is 2.92. The molecule has 1 aromatic heterocycles. The number of benzene rings is 1. The molecule has 0 radical (unpaired) electrons. The Bertz CT molecular complexity index is 813. The van der Waals surface area contributed by atoms with E-state index in [9.17, 15) is 14.4 Å². The molecule has 0 saturated carbocycles. The molecule has 1 unspecified atom stereocenters. The van der Waals surface area contributed by atoms with Gasteiger partial charge in [0.25, 0.3) is 5.91 Å². The summed E-state index contributed by atoms with van der Waals surface area (Å²) >= 11 is 5.87. The lowest BCUT2D eigenvalue weighted by molar-refractivity contribution is -0.134. The number of carbonyl (C=O) groups is 3. The largest absolute Gasteiger partial charge is 0.340 e. The average molecular weight is 347 g/mol. The van der Waals surface area contributed by atoms with E-state index in [0.29, 0.717) is 22.7 Å². The molecule has 1 saturated heterocycles. The van der Waals surface area contributed by atoms with Gasteiger partial charge in [-0.15, -0.1) is 0 Å². The van der Waals surface area contributed by atoms with Gasteiger partial charge in [-0.25, -0.2) is 4.68 Å². The molecule has 3 amide bonds. The molecule has 1 aliphatic heterocycles. The van der Waals surface area contributed by atoms with E-state index in [0.717, 1.165) is 5.69 Å². The van der Waals surface area contributed by atoms with E-state index in [1.165, 1.54) is 6.20 Å². The van der Waals surface area contributed by atoms with Gasteiger partial charge < -0.3 is 5.32 Å². The second kappa shape index (κ2) is 6.45. The van der Waals surface area contributed by atoms with Crippen molar-refractivity contribution in [3.8, 4) is 5.69 Å². The summed E-state index contributed by atoms with van der Waals surface area (Å²) in [5.41, 5.74) is 1.79. The van der Waals surface area contributed by atoms with Gasteiger partial charge in [0, 0.05) is 11.4 Å². The second-order valence-electron chi connectivity index (χ2n) is 5.51. The zero-order valence-electron chi connectivity index (χ0n) is 12.9. The van der Waals surface area contributed by atoms with Crippen LogP contribution in [0.1, 0.15) is 28.9 Å². The van der Waals surface area contributed by atoms with Gasteiger partial charge in [0.1, 0.15) is 6.04 Å². The predicted molar refractivity (Wildman–Crippen MR) is 86.9 cm³/mol. The van der Waals surface area contributed by atoms with E-state index < -0.39 is 17.9 Å². The fourth-order valence-corrected chi connectivity index (χ4v) is 2.67. The number of piperidine rings is 1. The van der Waals surface area contributed by atoms with Crippen molar-refractivity contribution in [3.63, 3.8) is 0 Å². The Morgan fingerprint density at radius 1 is 1.33 bits per heavy atom. The van der Waals surface area contributed by atoms with Gasteiger partial charge in [-0.05, 0) is 37.6 Å². The van der Waals surface area contributed by atoms with E-state index in [-0.39, 0.29) is 12.3 Å². The van der Waals surface area contributed by atoms with Crippen molar-refractivity contribution >= 4 is 29.3 Å². The predicted octanol–water partition coefficient (Wildman–Crippen LogP) is 1.37. The lowest BCUT2D eigenvalue weighted by atomic mass is 10.1. The van der Waals surface area contributed by atoms with Gasteiger partial charge in [-0.2, -0.15) is 5.10 Å². The van der Waals surface area contributed by atoms with Gasteiger partial charge in [0.05, 0.1) is 23.1 Å². The Morgan fingerprint density at radius 2 is 2.04 bits per heavy atom. The van der Waals surface area contributed by atoms with Crippen LogP contribution in [-0.2, 0) is 9.59 Å². The number of nitrogens with one attached hydrogen (secondary N) is 2. The Hall–Kier alpha value is -2.67. The normalized spacial score (nSPS) is 17.5. The molecule has 0 spiro atoms. The van der Waals surface area contributed by atoms with Gasteiger partial charge in [0.2, 0.25) is 11.8 Å². The summed E-state index contributed by atoms with van der Waals surface area (Å²) in [6, 6.07) is 6.35. The standard InChI is InChI=1S/C16H15ClN4O3/c1-9-12(8-18-21(9)11-4-2-10(17)3-5-11)15(23)19-13-6-7-14(22)20-16(13)24/h2-5,8,13H,6-7H2,1H3,(H,19,23)(H,20,22,24). The van der Waals surface area contributed by atoms with Crippen LogP contribution in [0.3, 0.4) is 0 Å². The Morgan fingerprint density at radius 3 is 2.71 bits per heavy atom. The highest BCUT2D eigenvalue weighted by molar-refractivity contribution is 6.30. The van der Waals surface area contributed by atoms with E-state index >= 15 is 0 Å². The number of hydrogen-bond acceptors (Lipinski definition) is 4. The minimum atomic E-state index is -0.714. The molecule has 1 aliphatic rings. The van der Waals surface area contributed by atoms with Crippen LogP contribution in [-0.4, -0.2) is 33.5 Å². The summed E-state index contributed by atoms with van der Waals surface area (Å²) in [7, 11) is 0. The highest BCUT2D eigenvalue weighted by atomic mass is 35.5. The fraction of sp³-hybridized carbons (Fsp3) is 0.250. The summed E-state index contributed by atoms with van der Waals surface area (Å²) in [5.74, 6) is -1.21. The summed E-state index contributed by atoms with van der Waals surface area (Å²) < 4.78 is 1.62. The van der Waals surface area contributed by atoms with Crippen molar-refractivity contribution in [2.24, 2.45) is 0 Å². The molecule has 2 aromatic rings. The molecule has 7 nitrogen and oxygen atoms in total. The fourth-order valence-electron chi connectivity index (χ4n) is 2.54. The number of amides is 3. The zero-order chi connectivity index (χ0) is 17.3. The number of halogens is 1. The van der Waals surface area contributed by atoms with Crippen LogP contribution in [0.15, 0.2) is 30.5 Å². The number of carbonyl (C=O) groups excluding carboxylic acids is 3. The molecular formula is C16H15ClN4O3. The van der Waals surface area contributed by atoms with E-state index in [4.69, 9.17) is 11.6 Å². The highest BCUT2D eigenvalue weighted by Crippen LogP contribution is 2.17. The summed E-state index contributed by atoms with van der Waals surface area (Å²) in [5, 5.41) is 9.68. The van der Waals surface area contributed by atoms with Crippen molar-refractivity contribution in [1.29, 1.82) is 0 Å². The van der Waals surface area contributed by atoms with E-state index in [2.05, 4.69) is 15.7 Å². The SMILES string of the molecule is Cc1c(C(=O)NC2CCC(=O)NC2=O)cnn1-c1ccc(Cl)cc1. The van der Waals surface area contributed by atoms with E-state index in [1.54, 1.807) is 35.9 Å². The number of rotatable bonds is 3. The third-order valence-corrected chi connectivity index (χ3v) is 4.12. The van der Waals surface area contributed by atoms with Gasteiger partial charge >= 0.3 is 0 Å². The first kappa shape index (κ1) is 16.2. The quantitative estimate of drug-likeness (QED) is 0.821. The molecule has 1 aromatic carbocycles. The Labute approximate surface area is 143 Å². The lowest BCUT2D eigenvalue weighted by Gasteiger charge is -2.21. The molecule has 2 heterocycles. The van der Waals surface area contributed by atoms with Crippen LogP contribution in [0.25, 0.3) is 5.69 Å². The lowest BCUT2D eigenvalue weighted by Crippen LogP contribution is -2.52. The molecule has 1 atom stereocenters. The first-order chi connectivity index (χ1) is 11.5. The number of imide groups is 1. The Kier molecular flexibility index (Phi) is 4.35. The Balaban J connectivity index is 1.78. The first-order valence-corrected chi connectivity index (χ1v) is 7.78. The molecule has 124 valence electrons. The molecule has 0 aliphatic carbocycles. The molecular weight excluding hydrogens is 332 g/mol. The van der Waals surface area contributed by atoms with Crippen LogP contribution in [0, 0.1) is 6.92 Å². The maximum absolute atomic E-state index is 12.4. The topological polar surface area (TPSA) is 93.1 Å². The molecule has 24 heavy (non-hydrogen) atoms. The smallest absolute Gasteiger partial charge is 0.255 e. The van der Waals surface area contributed by atoms with Crippen molar-refractivity contribution in [2.45, 2.75) is 25.8 Å². The number of hydrogen-bond donors (Lipinski definition) is 2. The molecule has 2 N–H and O–H groups in total. The van der Waals surface area contributed by atoms with Gasteiger partial charge in [-0.1, -0.05) is 11.6 Å². The van der Waals surface area contributed by atoms with Crippen LogP contribution in [0.4, 0.5) is 0 Å². The number of nitrogens with zero attached hydrogens (tertiary/aromatic N) is 2. The van der Waals surface area contributed by atoms with Crippen LogP contribution < -0.4 is 10.6 Å². The monoisotopic (exact) mass is 346 g/mol. The third-order valence-electron chi connectivity index (χ3n) is 3.87. The molecule has 3 rings (SSSR count). The van der Waals surface area contributed by atoms with Crippen LogP contribution in [0.2, 0.25) is 5.02 Å². The van der Waals surface area contributed by atoms with Crippen LogP contribution >= 0.6 is 11.6 Å². The highest BCUT2D eigenvalue weighted by Gasteiger charge is 2.29. The van der Waals surface area contributed by atoms with Crippen molar-refractivity contribution in [1.82, 2.24) is 20.4 Å². The third kappa shape index (κ3) is 3.16. The van der Waals surface area contributed by atoms with Crippen LogP contribution in [0.5, 0.6) is 0 Å². The van der Waals surface area contributed by atoms with Crippen molar-refractivity contribution in [2.75, 3.05) is 0 Å². The maximum Gasteiger partial charge on any atom is 0.255 e. The summed E-state index contributed by atoms with van der Waals surface area (Å²) in [6.45, 7) is 1.76. The minimum Gasteiger partial charge on any atom is -0.340 e. The van der Waals surface area contributed by atoms with Crippen molar-refractivity contribution in [3.05, 3.63) is 46.7 Å². The number of aromatic nitrogens is 2. The van der Waals surface area contributed by atoms with Gasteiger partial charge in [-0.3, -0.25) is 19.7 Å². The zero-order valence-corrected chi connectivity index (χ0v) is 13.6. The maximum atomic E-state index is 12.4. The van der Waals surface area contributed by atoms with Gasteiger partial charge in [0.15, 0.2) is 0 Å². The molecule has 8 heteroatoms. The summed E-state index contributed by atoms with van der Waals surface area (Å²) in [4.78, 5) is 35.3. The first-order valence-electron chi connectivity index (χ1n) is 7.41. The summed E-state index contributed by atoms with van der Waals surface area (Å²) in [6.07, 6.45) is 1.95. The molecule has 1 fully saturated rings. The second-order valence-corrected chi connectivity index (χ2v) is 5.95.